The molecule has 0 unspecified atom stereocenters. The van der Waals surface area contributed by atoms with Crippen LogP contribution in [0.2, 0.25) is 32.2 Å². The highest BCUT2D eigenvalue weighted by Gasteiger charge is 2.19. The summed E-state index contributed by atoms with van der Waals surface area (Å²) in [6.45, 7) is 11.5. The van der Waals surface area contributed by atoms with Crippen LogP contribution >= 0.6 is 0 Å². The van der Waals surface area contributed by atoms with Crippen LogP contribution in [0.25, 0.3) is 0 Å². The van der Waals surface area contributed by atoms with E-state index >= 15 is 0 Å². The van der Waals surface area contributed by atoms with Crippen LogP contribution in [0.4, 0.5) is 0 Å². The van der Waals surface area contributed by atoms with E-state index < -0.39 is 17.1 Å². The first-order valence-corrected chi connectivity index (χ1v) is 10.4. The Kier molecular flexibility index (Phi) is 4.48. The maximum atomic E-state index is 5.84. The van der Waals surface area contributed by atoms with Gasteiger partial charge in [0.2, 0.25) is 0 Å². The molecule has 0 spiro atoms. The number of hydrogen-bond acceptors (Lipinski definition) is 1. The van der Waals surface area contributed by atoms with Gasteiger partial charge in [-0.15, -0.1) is 0 Å². The summed E-state index contributed by atoms with van der Waals surface area (Å²) in [6, 6.07) is 1.24. The van der Waals surface area contributed by atoms with E-state index in [1.54, 1.807) is 0 Å². The van der Waals surface area contributed by atoms with Gasteiger partial charge in [0.25, 0.3) is 0 Å². The van der Waals surface area contributed by atoms with Crippen LogP contribution in [0.5, 0.6) is 0 Å². The fourth-order valence-electron chi connectivity index (χ4n) is 0.494. The Morgan fingerprint density at radius 3 is 2.10 bits per heavy atom. The van der Waals surface area contributed by atoms with Crippen molar-refractivity contribution >= 4 is 17.1 Å². The summed E-state index contributed by atoms with van der Waals surface area (Å²) in [5, 5.41) is 0. The first-order chi connectivity index (χ1) is 4.48. The monoisotopic (exact) mass is 176 g/mol. The van der Waals surface area contributed by atoms with Crippen LogP contribution in [0.3, 0.4) is 0 Å². The van der Waals surface area contributed by atoms with E-state index in [1.807, 2.05) is 0 Å². The van der Waals surface area contributed by atoms with Crippen LogP contribution in [-0.2, 0) is 4.43 Å². The lowest BCUT2D eigenvalue weighted by Crippen LogP contribution is -2.32. The van der Waals surface area contributed by atoms with Crippen molar-refractivity contribution < 1.29 is 4.43 Å². The molecular weight excluding hydrogens is 156 g/mol. The lowest BCUT2D eigenvalue weighted by Gasteiger charge is -2.21. The molecule has 0 fully saturated rings. The summed E-state index contributed by atoms with van der Waals surface area (Å²) in [5.74, 6) is 0. The second-order valence-corrected chi connectivity index (χ2v) is 11.5. The van der Waals surface area contributed by atoms with Gasteiger partial charge in [-0.1, -0.05) is 20.0 Å². The highest BCUT2D eigenvalue weighted by atomic mass is 28.4. The quantitative estimate of drug-likeness (QED) is 0.597. The zero-order chi connectivity index (χ0) is 8.20. The highest BCUT2D eigenvalue weighted by Crippen LogP contribution is 2.09. The van der Waals surface area contributed by atoms with Crippen LogP contribution in [0, 0.1) is 0 Å². The molecule has 0 N–H and O–H groups in total. The Bertz CT molecular complexity index is 91.6. The number of hydrogen-bond donors (Lipinski definition) is 0. The average Bonchev–Trinajstić information content (AvgIpc) is 1.85. The maximum absolute atomic E-state index is 5.84. The average molecular weight is 176 g/mol. The topological polar surface area (TPSA) is 9.23 Å². The summed E-state index contributed by atoms with van der Waals surface area (Å²) in [4.78, 5) is 0. The zero-order valence-corrected chi connectivity index (χ0v) is 10.1. The fraction of sp³-hybridized carbons (Fsp3) is 1.00. The predicted octanol–water partition coefficient (Wildman–Crippen LogP) is 2.25. The van der Waals surface area contributed by atoms with Crippen molar-refractivity contribution in [2.24, 2.45) is 0 Å². The van der Waals surface area contributed by atoms with E-state index in [0.717, 1.165) is 6.23 Å². The van der Waals surface area contributed by atoms with Gasteiger partial charge in [-0.2, -0.15) is 0 Å². The molecule has 0 saturated heterocycles. The van der Waals surface area contributed by atoms with Crippen LogP contribution in [0.15, 0.2) is 0 Å². The molecule has 0 radical (unpaired) electrons. The second kappa shape index (κ2) is 4.31. The smallest absolute Gasteiger partial charge is 0.185 e. The molecule has 1 nitrogen and oxygen atoms in total. The molecule has 3 heteroatoms. The molecule has 0 heterocycles. The van der Waals surface area contributed by atoms with Crippen molar-refractivity contribution in [1.82, 2.24) is 0 Å². The normalized spacial score (nSPS) is 12.6. The van der Waals surface area contributed by atoms with Gasteiger partial charge in [0, 0.05) is 6.23 Å². The molecule has 62 valence electrons. The second-order valence-electron chi connectivity index (χ2n) is 3.82. The van der Waals surface area contributed by atoms with E-state index in [2.05, 4.69) is 33.1 Å². The van der Waals surface area contributed by atoms with E-state index in [9.17, 15) is 0 Å². The van der Waals surface area contributed by atoms with Crippen molar-refractivity contribution in [1.29, 1.82) is 0 Å². The summed E-state index contributed by atoms with van der Waals surface area (Å²) in [5.41, 5.74) is 0. The zero-order valence-electron chi connectivity index (χ0n) is 7.90. The third kappa shape index (κ3) is 5.20. The molecule has 0 aromatic rings. The van der Waals surface area contributed by atoms with E-state index in [-0.39, 0.29) is 0 Å². The van der Waals surface area contributed by atoms with Gasteiger partial charge in [0.05, 0.1) is 8.80 Å². The lowest BCUT2D eigenvalue weighted by atomic mass is 11.0. The van der Waals surface area contributed by atoms with Crippen molar-refractivity contribution in [3.05, 3.63) is 0 Å². The molecule has 0 aliphatic rings. The Labute approximate surface area is 67.5 Å². The fourth-order valence-corrected chi connectivity index (χ4v) is 3.84. The van der Waals surface area contributed by atoms with Crippen molar-refractivity contribution in [3.8, 4) is 0 Å². The summed E-state index contributed by atoms with van der Waals surface area (Å²) < 4.78 is 5.84. The van der Waals surface area contributed by atoms with Gasteiger partial charge in [-0.25, -0.2) is 0 Å². The van der Waals surface area contributed by atoms with Gasteiger partial charge in [0.1, 0.15) is 0 Å². The standard InChI is InChI=1S/C7H20OSi2/c1-6-10(4,5)8-7-9(2)3/h9H,6-7H2,1-5H3. The first-order valence-electron chi connectivity index (χ1n) is 4.12. The van der Waals surface area contributed by atoms with Gasteiger partial charge >= 0.3 is 0 Å². The minimum absolute atomic E-state index is 0.472. The first kappa shape index (κ1) is 10.4. The van der Waals surface area contributed by atoms with Gasteiger partial charge in [0.15, 0.2) is 8.32 Å². The van der Waals surface area contributed by atoms with Crippen LogP contribution in [0.1, 0.15) is 6.92 Å². The van der Waals surface area contributed by atoms with E-state index in [4.69, 9.17) is 4.43 Å². The van der Waals surface area contributed by atoms with Crippen LogP contribution < -0.4 is 0 Å². The Morgan fingerprint density at radius 1 is 1.30 bits per heavy atom. The van der Waals surface area contributed by atoms with Gasteiger partial charge in [-0.05, 0) is 19.1 Å². The molecule has 0 aliphatic heterocycles. The van der Waals surface area contributed by atoms with E-state index in [1.165, 1.54) is 6.04 Å². The summed E-state index contributed by atoms with van der Waals surface area (Å²) >= 11 is 0. The van der Waals surface area contributed by atoms with Crippen LogP contribution in [-0.4, -0.2) is 23.3 Å². The third-order valence-corrected chi connectivity index (χ3v) is 5.48. The minimum Gasteiger partial charge on any atom is -0.421 e. The molecule has 0 saturated carbocycles. The Balaban J connectivity index is 3.46. The SMILES string of the molecule is CC[Si](C)(C)OC[SiH](C)C. The third-order valence-electron chi connectivity index (χ3n) is 1.66. The molecule has 0 amide bonds. The summed E-state index contributed by atoms with van der Waals surface area (Å²) in [6.07, 6.45) is 1.08. The Morgan fingerprint density at radius 2 is 1.80 bits per heavy atom. The van der Waals surface area contributed by atoms with Crippen molar-refractivity contribution in [3.63, 3.8) is 0 Å². The Hall–Kier alpha value is 0.394. The molecule has 10 heavy (non-hydrogen) atoms. The summed E-state index contributed by atoms with van der Waals surface area (Å²) in [7, 11) is -1.68. The van der Waals surface area contributed by atoms with Gasteiger partial charge in [-0.3, -0.25) is 0 Å². The number of rotatable bonds is 4. The predicted molar refractivity (Wildman–Crippen MR) is 52.8 cm³/mol. The van der Waals surface area contributed by atoms with E-state index in [0.29, 0.717) is 0 Å². The molecule has 0 atom stereocenters. The molecule has 0 bridgehead atoms. The molecule has 0 aromatic heterocycles. The van der Waals surface area contributed by atoms with Crippen molar-refractivity contribution in [2.45, 2.75) is 39.2 Å². The highest BCUT2D eigenvalue weighted by molar-refractivity contribution is 6.72. The van der Waals surface area contributed by atoms with Crippen molar-refractivity contribution in [2.75, 3.05) is 6.23 Å². The van der Waals surface area contributed by atoms with Gasteiger partial charge < -0.3 is 4.43 Å². The maximum Gasteiger partial charge on any atom is 0.185 e. The molecular formula is C7H20OSi2. The molecule has 0 rings (SSSR count). The molecule has 0 aliphatic carbocycles. The largest absolute Gasteiger partial charge is 0.421 e. The minimum atomic E-state index is -1.21. The lowest BCUT2D eigenvalue weighted by molar-refractivity contribution is 0.372. The molecule has 0 aromatic carbocycles.